The van der Waals surface area contributed by atoms with Crippen LogP contribution in [-0.4, -0.2) is 50.0 Å². The maximum atomic E-state index is 12.8. The van der Waals surface area contributed by atoms with Crippen LogP contribution < -0.4 is 10.2 Å². The molecule has 0 aromatic heterocycles. The predicted octanol–water partition coefficient (Wildman–Crippen LogP) is 1.03. The number of benzene rings is 1. The van der Waals surface area contributed by atoms with Crippen molar-refractivity contribution >= 4 is 23.5 Å². The van der Waals surface area contributed by atoms with Crippen LogP contribution in [0.3, 0.4) is 0 Å². The van der Waals surface area contributed by atoms with Gasteiger partial charge in [-0.25, -0.2) is 0 Å². The van der Waals surface area contributed by atoms with E-state index in [0.717, 1.165) is 17.1 Å². The smallest absolute Gasteiger partial charge is 0.272 e. The molecule has 6 heteroatoms. The predicted molar refractivity (Wildman–Crippen MR) is 80.3 cm³/mol. The van der Waals surface area contributed by atoms with Gasteiger partial charge >= 0.3 is 0 Å². The van der Waals surface area contributed by atoms with E-state index in [4.69, 9.17) is 4.74 Å². The Morgan fingerprint density at radius 1 is 1.24 bits per heavy atom. The third-order valence-electron chi connectivity index (χ3n) is 3.95. The van der Waals surface area contributed by atoms with E-state index in [1.165, 1.54) is 0 Å². The Kier molecular flexibility index (Phi) is 2.89. The highest BCUT2D eigenvalue weighted by molar-refractivity contribution is 6.08. The molecule has 3 aliphatic rings. The van der Waals surface area contributed by atoms with Gasteiger partial charge in [0.15, 0.2) is 0 Å². The molecule has 21 heavy (non-hydrogen) atoms. The van der Waals surface area contributed by atoms with Crippen molar-refractivity contribution in [3.05, 3.63) is 35.7 Å². The molecule has 4 rings (SSSR count). The van der Waals surface area contributed by atoms with Crippen LogP contribution in [-0.2, 0) is 9.53 Å². The Hall–Kier alpha value is -2.34. The number of nitrogens with zero attached hydrogens (tertiary/aromatic N) is 3. The van der Waals surface area contributed by atoms with E-state index in [1.54, 1.807) is 6.21 Å². The number of amides is 1. The summed E-state index contributed by atoms with van der Waals surface area (Å²) in [6.07, 6.45) is 1.77. The monoisotopic (exact) mass is 284 g/mol. The van der Waals surface area contributed by atoms with E-state index < -0.39 is 0 Å². The second-order valence-electron chi connectivity index (χ2n) is 5.19. The molecule has 1 N–H and O–H groups in total. The molecule has 0 atom stereocenters. The second kappa shape index (κ2) is 4.89. The van der Waals surface area contributed by atoms with Crippen molar-refractivity contribution in [2.24, 2.45) is 4.99 Å². The van der Waals surface area contributed by atoms with Crippen molar-refractivity contribution in [1.82, 2.24) is 4.90 Å². The molecule has 0 aliphatic carbocycles. The van der Waals surface area contributed by atoms with Gasteiger partial charge in [0.25, 0.3) is 5.91 Å². The summed E-state index contributed by atoms with van der Waals surface area (Å²) in [4.78, 5) is 21.0. The highest BCUT2D eigenvalue weighted by atomic mass is 16.5. The lowest BCUT2D eigenvalue weighted by Gasteiger charge is -2.33. The summed E-state index contributed by atoms with van der Waals surface area (Å²) in [7, 11) is 0. The lowest BCUT2D eigenvalue weighted by molar-refractivity contribution is -0.131. The molecule has 3 heterocycles. The molecule has 1 fully saturated rings. The largest absolute Gasteiger partial charge is 0.378 e. The SMILES string of the molecule is O=C(C1=C2C=NCN2c2ccccc2N1)N1CCOCC1. The fourth-order valence-corrected chi connectivity index (χ4v) is 2.86. The van der Waals surface area contributed by atoms with Crippen molar-refractivity contribution in [1.29, 1.82) is 0 Å². The van der Waals surface area contributed by atoms with E-state index in [2.05, 4.69) is 15.2 Å². The fourth-order valence-electron chi connectivity index (χ4n) is 2.86. The number of carbonyl (C=O) groups is 1. The van der Waals surface area contributed by atoms with Gasteiger partial charge < -0.3 is 19.9 Å². The van der Waals surface area contributed by atoms with Crippen molar-refractivity contribution in [3.8, 4) is 0 Å². The van der Waals surface area contributed by atoms with Crippen LogP contribution >= 0.6 is 0 Å². The average molecular weight is 284 g/mol. The summed E-state index contributed by atoms with van der Waals surface area (Å²) in [5.41, 5.74) is 3.47. The van der Waals surface area contributed by atoms with Gasteiger partial charge in [0.1, 0.15) is 12.4 Å². The van der Waals surface area contributed by atoms with Gasteiger partial charge in [0.05, 0.1) is 30.3 Å². The quantitative estimate of drug-likeness (QED) is 0.837. The van der Waals surface area contributed by atoms with E-state index >= 15 is 0 Å². The van der Waals surface area contributed by atoms with Crippen LogP contribution in [0.5, 0.6) is 0 Å². The number of hydrogen-bond acceptors (Lipinski definition) is 5. The number of nitrogens with one attached hydrogen (secondary N) is 1. The van der Waals surface area contributed by atoms with Crippen molar-refractivity contribution in [2.75, 3.05) is 43.2 Å². The van der Waals surface area contributed by atoms with Gasteiger partial charge in [0, 0.05) is 19.3 Å². The molecular weight excluding hydrogens is 268 g/mol. The molecule has 1 amide bonds. The Morgan fingerprint density at radius 3 is 2.90 bits per heavy atom. The minimum Gasteiger partial charge on any atom is -0.378 e. The number of para-hydroxylation sites is 2. The maximum Gasteiger partial charge on any atom is 0.272 e. The van der Waals surface area contributed by atoms with Crippen LogP contribution in [0.2, 0.25) is 0 Å². The molecule has 108 valence electrons. The zero-order chi connectivity index (χ0) is 14.2. The van der Waals surface area contributed by atoms with Crippen molar-refractivity contribution in [2.45, 2.75) is 0 Å². The van der Waals surface area contributed by atoms with Crippen LogP contribution in [0.4, 0.5) is 11.4 Å². The Bertz CT molecular complexity index is 647. The highest BCUT2D eigenvalue weighted by Crippen LogP contribution is 2.36. The van der Waals surface area contributed by atoms with Crippen LogP contribution in [0.1, 0.15) is 0 Å². The zero-order valence-electron chi connectivity index (χ0n) is 11.6. The van der Waals surface area contributed by atoms with Gasteiger partial charge in [-0.2, -0.15) is 0 Å². The molecule has 1 aromatic rings. The standard InChI is InChI=1S/C15H16N4O2/c20-15(18-5-7-21-8-6-18)14-13-9-16-10-19(13)12-4-2-1-3-11(12)17-14/h1-4,9,17H,5-8,10H2. The Labute approximate surface area is 122 Å². The number of aliphatic imine (C=N–C) groups is 1. The molecule has 0 radical (unpaired) electrons. The number of morpholine rings is 1. The number of carbonyl (C=O) groups excluding carboxylic acids is 1. The molecular formula is C15H16N4O2. The topological polar surface area (TPSA) is 57.2 Å². The van der Waals surface area contributed by atoms with E-state index in [1.807, 2.05) is 29.2 Å². The van der Waals surface area contributed by atoms with E-state index in [-0.39, 0.29) is 5.91 Å². The molecule has 1 aromatic carbocycles. The van der Waals surface area contributed by atoms with Gasteiger partial charge in [0.2, 0.25) is 0 Å². The average Bonchev–Trinajstić information content (AvgIpc) is 3.04. The van der Waals surface area contributed by atoms with Gasteiger partial charge in [-0.1, -0.05) is 12.1 Å². The molecule has 0 spiro atoms. The minimum absolute atomic E-state index is 0.0150. The van der Waals surface area contributed by atoms with Gasteiger partial charge in [-0.3, -0.25) is 9.79 Å². The molecule has 0 saturated carbocycles. The Morgan fingerprint density at radius 2 is 2.05 bits per heavy atom. The molecule has 3 aliphatic heterocycles. The first kappa shape index (κ1) is 12.4. The van der Waals surface area contributed by atoms with Crippen LogP contribution in [0, 0.1) is 0 Å². The number of anilines is 2. The zero-order valence-corrected chi connectivity index (χ0v) is 11.6. The maximum absolute atomic E-state index is 12.8. The summed E-state index contributed by atoms with van der Waals surface area (Å²) in [6.45, 7) is 3.03. The van der Waals surface area contributed by atoms with Gasteiger partial charge in [-0.05, 0) is 12.1 Å². The van der Waals surface area contributed by atoms with Crippen molar-refractivity contribution < 1.29 is 9.53 Å². The van der Waals surface area contributed by atoms with Crippen LogP contribution in [0.15, 0.2) is 40.7 Å². The summed E-state index contributed by atoms with van der Waals surface area (Å²) in [5.74, 6) is 0.0150. The number of hydrogen-bond donors (Lipinski definition) is 1. The summed E-state index contributed by atoms with van der Waals surface area (Å²) in [6, 6.07) is 7.97. The van der Waals surface area contributed by atoms with Gasteiger partial charge in [-0.15, -0.1) is 0 Å². The third-order valence-corrected chi connectivity index (χ3v) is 3.95. The lowest BCUT2D eigenvalue weighted by atomic mass is 10.1. The van der Waals surface area contributed by atoms with E-state index in [0.29, 0.717) is 38.7 Å². The number of rotatable bonds is 1. The second-order valence-corrected chi connectivity index (χ2v) is 5.19. The first-order valence-corrected chi connectivity index (χ1v) is 7.09. The lowest BCUT2D eigenvalue weighted by Crippen LogP contribution is -2.44. The summed E-state index contributed by atoms with van der Waals surface area (Å²) < 4.78 is 5.31. The Balaban J connectivity index is 1.71. The first-order valence-electron chi connectivity index (χ1n) is 7.09. The summed E-state index contributed by atoms with van der Waals surface area (Å²) >= 11 is 0. The number of ether oxygens (including phenoxy) is 1. The fraction of sp³-hybridized carbons (Fsp3) is 0.333. The molecule has 6 nitrogen and oxygen atoms in total. The highest BCUT2D eigenvalue weighted by Gasteiger charge is 2.32. The number of allylic oxidation sites excluding steroid dienone is 1. The number of fused-ring (bicyclic) bond motifs is 3. The molecule has 0 unspecified atom stereocenters. The minimum atomic E-state index is 0.0150. The molecule has 0 bridgehead atoms. The summed E-state index contributed by atoms with van der Waals surface area (Å²) in [5, 5.41) is 3.28. The normalized spacial score (nSPS) is 20.2. The van der Waals surface area contributed by atoms with Crippen molar-refractivity contribution in [3.63, 3.8) is 0 Å². The first-order chi connectivity index (χ1) is 10.3. The molecule has 1 saturated heterocycles. The third kappa shape index (κ3) is 1.99. The van der Waals surface area contributed by atoms with E-state index in [9.17, 15) is 4.79 Å². The van der Waals surface area contributed by atoms with Crippen LogP contribution in [0.25, 0.3) is 0 Å².